The van der Waals surface area contributed by atoms with Gasteiger partial charge in [-0.05, 0) is 27.8 Å². The SMILES string of the molecule is COC(=O)C(c1cc(OCCOC(c2ccccc2)(c2ccccc2)c2ccccc2)no1)C(C)C. The molecule has 0 saturated carbocycles. The van der Waals surface area contributed by atoms with Crippen molar-refractivity contribution < 1.29 is 23.5 Å². The summed E-state index contributed by atoms with van der Waals surface area (Å²) >= 11 is 0. The molecule has 0 aliphatic rings. The Hall–Kier alpha value is -3.90. The largest absolute Gasteiger partial charge is 0.473 e. The topological polar surface area (TPSA) is 70.8 Å². The maximum atomic E-state index is 12.2. The molecule has 0 amide bonds. The van der Waals surface area contributed by atoms with E-state index in [4.69, 9.17) is 18.7 Å². The maximum absolute atomic E-state index is 12.2. The second-order valence-corrected chi connectivity index (χ2v) is 8.79. The van der Waals surface area contributed by atoms with Crippen LogP contribution in [0.1, 0.15) is 42.2 Å². The molecule has 0 saturated heterocycles. The average Bonchev–Trinajstić information content (AvgIpc) is 3.38. The molecule has 36 heavy (non-hydrogen) atoms. The number of rotatable bonds is 11. The minimum atomic E-state index is -0.824. The van der Waals surface area contributed by atoms with Crippen molar-refractivity contribution in [1.82, 2.24) is 5.16 Å². The Morgan fingerprint density at radius 2 is 1.33 bits per heavy atom. The van der Waals surface area contributed by atoms with Crippen LogP contribution in [0.2, 0.25) is 0 Å². The van der Waals surface area contributed by atoms with Crippen molar-refractivity contribution in [1.29, 1.82) is 0 Å². The van der Waals surface area contributed by atoms with E-state index in [2.05, 4.69) is 41.6 Å². The van der Waals surface area contributed by atoms with Crippen molar-refractivity contribution in [3.63, 3.8) is 0 Å². The molecule has 4 aromatic rings. The molecule has 0 fully saturated rings. The number of benzene rings is 3. The highest BCUT2D eigenvalue weighted by molar-refractivity contribution is 5.77. The number of ether oxygens (including phenoxy) is 3. The van der Waals surface area contributed by atoms with Crippen LogP contribution < -0.4 is 4.74 Å². The van der Waals surface area contributed by atoms with E-state index in [0.717, 1.165) is 16.7 Å². The van der Waals surface area contributed by atoms with Gasteiger partial charge in [0.1, 0.15) is 18.1 Å². The molecule has 4 rings (SSSR count). The molecule has 1 heterocycles. The van der Waals surface area contributed by atoms with Crippen LogP contribution >= 0.6 is 0 Å². The normalized spacial score (nSPS) is 12.3. The Kier molecular flexibility index (Phi) is 8.18. The van der Waals surface area contributed by atoms with Gasteiger partial charge >= 0.3 is 5.97 Å². The number of hydrogen-bond acceptors (Lipinski definition) is 6. The van der Waals surface area contributed by atoms with Gasteiger partial charge in [0.15, 0.2) is 5.76 Å². The Bertz CT molecular complexity index is 1130. The van der Waals surface area contributed by atoms with E-state index in [1.165, 1.54) is 7.11 Å². The third kappa shape index (κ3) is 5.34. The van der Waals surface area contributed by atoms with E-state index in [0.29, 0.717) is 11.6 Å². The predicted molar refractivity (Wildman–Crippen MR) is 137 cm³/mol. The lowest BCUT2D eigenvalue weighted by Gasteiger charge is -2.35. The van der Waals surface area contributed by atoms with E-state index in [9.17, 15) is 4.79 Å². The molecule has 186 valence electrons. The minimum absolute atomic E-state index is 0.00943. The zero-order chi connectivity index (χ0) is 25.4. The molecule has 1 aromatic heterocycles. The van der Waals surface area contributed by atoms with E-state index in [1.807, 2.05) is 68.4 Å². The fourth-order valence-corrected chi connectivity index (χ4v) is 4.44. The number of carbonyl (C=O) groups is 1. The van der Waals surface area contributed by atoms with Gasteiger partial charge in [-0.15, -0.1) is 0 Å². The molecule has 6 heteroatoms. The highest BCUT2D eigenvalue weighted by atomic mass is 16.6. The van der Waals surface area contributed by atoms with Crippen molar-refractivity contribution in [3.8, 4) is 5.88 Å². The fraction of sp³-hybridized carbons (Fsp3) is 0.267. The van der Waals surface area contributed by atoms with Crippen molar-refractivity contribution in [2.75, 3.05) is 20.3 Å². The van der Waals surface area contributed by atoms with Crippen LogP contribution in [0.3, 0.4) is 0 Å². The summed E-state index contributed by atoms with van der Waals surface area (Å²) in [5, 5.41) is 3.98. The van der Waals surface area contributed by atoms with Crippen molar-refractivity contribution in [2.24, 2.45) is 5.92 Å². The predicted octanol–water partition coefficient (Wildman–Crippen LogP) is 5.97. The van der Waals surface area contributed by atoms with Crippen LogP contribution in [-0.4, -0.2) is 31.4 Å². The monoisotopic (exact) mass is 485 g/mol. The van der Waals surface area contributed by atoms with E-state index >= 15 is 0 Å². The molecular weight excluding hydrogens is 454 g/mol. The lowest BCUT2D eigenvalue weighted by molar-refractivity contribution is -0.144. The second kappa shape index (κ2) is 11.7. The average molecular weight is 486 g/mol. The standard InChI is InChI=1S/C30H31NO5/c1-22(2)28(29(32)33-3)26-21-27(31-36-26)34-19-20-35-30(23-13-7-4-8-14-23,24-15-9-5-10-16-24)25-17-11-6-12-18-25/h4-18,21-22,28H,19-20H2,1-3H3. The van der Waals surface area contributed by atoms with Gasteiger partial charge in [0, 0.05) is 6.07 Å². The lowest BCUT2D eigenvalue weighted by Crippen LogP contribution is -2.34. The van der Waals surface area contributed by atoms with Crippen LogP contribution in [-0.2, 0) is 19.9 Å². The summed E-state index contributed by atoms with van der Waals surface area (Å²) in [4.78, 5) is 12.2. The van der Waals surface area contributed by atoms with Gasteiger partial charge in [0.25, 0.3) is 5.88 Å². The van der Waals surface area contributed by atoms with E-state index < -0.39 is 11.5 Å². The van der Waals surface area contributed by atoms with E-state index in [1.54, 1.807) is 6.07 Å². The first-order valence-electron chi connectivity index (χ1n) is 12.0. The van der Waals surface area contributed by atoms with E-state index in [-0.39, 0.29) is 25.1 Å². The van der Waals surface area contributed by atoms with Gasteiger partial charge < -0.3 is 18.7 Å². The first-order chi connectivity index (χ1) is 17.6. The van der Waals surface area contributed by atoms with Crippen LogP contribution in [0.25, 0.3) is 0 Å². The molecule has 0 aliphatic carbocycles. The van der Waals surface area contributed by atoms with Crippen LogP contribution in [0, 0.1) is 5.92 Å². The number of esters is 1. The quantitative estimate of drug-likeness (QED) is 0.148. The van der Waals surface area contributed by atoms with Crippen LogP contribution in [0.15, 0.2) is 102 Å². The zero-order valence-electron chi connectivity index (χ0n) is 20.8. The number of methoxy groups -OCH3 is 1. The Morgan fingerprint density at radius 3 is 1.78 bits per heavy atom. The molecule has 0 radical (unpaired) electrons. The molecule has 0 aliphatic heterocycles. The molecule has 0 N–H and O–H groups in total. The van der Waals surface area contributed by atoms with Crippen LogP contribution in [0.5, 0.6) is 5.88 Å². The van der Waals surface area contributed by atoms with Crippen LogP contribution in [0.4, 0.5) is 0 Å². The fourth-order valence-electron chi connectivity index (χ4n) is 4.44. The van der Waals surface area contributed by atoms with Gasteiger partial charge in [0.05, 0.1) is 13.7 Å². The first kappa shape index (κ1) is 25.2. The summed E-state index contributed by atoms with van der Waals surface area (Å²) in [6.45, 7) is 4.37. The summed E-state index contributed by atoms with van der Waals surface area (Å²) in [7, 11) is 1.36. The van der Waals surface area contributed by atoms with Crippen molar-refractivity contribution in [2.45, 2.75) is 25.4 Å². The highest BCUT2D eigenvalue weighted by Crippen LogP contribution is 2.40. The minimum Gasteiger partial charge on any atom is -0.473 e. The highest BCUT2D eigenvalue weighted by Gasteiger charge is 2.37. The first-order valence-corrected chi connectivity index (χ1v) is 12.0. The number of aromatic nitrogens is 1. The molecule has 1 atom stereocenters. The van der Waals surface area contributed by atoms with Crippen molar-refractivity contribution in [3.05, 3.63) is 120 Å². The summed E-state index contributed by atoms with van der Waals surface area (Å²) in [6, 6.07) is 32.1. The zero-order valence-corrected chi connectivity index (χ0v) is 20.8. The van der Waals surface area contributed by atoms with Gasteiger partial charge in [-0.3, -0.25) is 4.79 Å². The summed E-state index contributed by atoms with van der Waals surface area (Å²) in [5.74, 6) is -0.204. The smallest absolute Gasteiger partial charge is 0.316 e. The number of carbonyl (C=O) groups excluding carboxylic acids is 1. The third-order valence-electron chi connectivity index (χ3n) is 6.13. The number of hydrogen-bond donors (Lipinski definition) is 0. The molecular formula is C30H31NO5. The van der Waals surface area contributed by atoms with Gasteiger partial charge in [-0.2, -0.15) is 0 Å². The molecule has 6 nitrogen and oxygen atoms in total. The summed E-state index contributed by atoms with van der Waals surface area (Å²) in [6.07, 6.45) is 0. The molecule has 0 spiro atoms. The number of nitrogens with zero attached hydrogens (tertiary/aromatic N) is 1. The Balaban J connectivity index is 1.56. The lowest BCUT2D eigenvalue weighted by atomic mass is 9.80. The van der Waals surface area contributed by atoms with Gasteiger partial charge in [0.2, 0.25) is 0 Å². The van der Waals surface area contributed by atoms with Crippen molar-refractivity contribution >= 4 is 5.97 Å². The molecule has 1 unspecified atom stereocenters. The van der Waals surface area contributed by atoms with Gasteiger partial charge in [-0.25, -0.2) is 0 Å². The summed E-state index contributed by atoms with van der Waals surface area (Å²) < 4.78 is 22.9. The maximum Gasteiger partial charge on any atom is 0.316 e. The third-order valence-corrected chi connectivity index (χ3v) is 6.13. The summed E-state index contributed by atoms with van der Waals surface area (Å²) in [5.41, 5.74) is 2.23. The molecule has 0 bridgehead atoms. The van der Waals surface area contributed by atoms with Gasteiger partial charge in [-0.1, -0.05) is 105 Å². The second-order valence-electron chi connectivity index (χ2n) is 8.79. The Morgan fingerprint density at radius 1 is 0.833 bits per heavy atom. The molecule has 3 aromatic carbocycles. The Labute approximate surface area is 211 Å².